The Bertz CT molecular complexity index is 623. The van der Waals surface area contributed by atoms with Gasteiger partial charge in [-0.25, -0.2) is 4.39 Å². The molecule has 0 aliphatic heterocycles. The Kier molecular flexibility index (Phi) is 3.88. The second-order valence-electron chi connectivity index (χ2n) is 5.78. The van der Waals surface area contributed by atoms with Crippen molar-refractivity contribution < 1.29 is 9.18 Å². The molecule has 3 rings (SSSR count). The molecular formula is C17H19FOS. The summed E-state index contributed by atoms with van der Waals surface area (Å²) in [6.07, 6.45) is 5.60. The summed E-state index contributed by atoms with van der Waals surface area (Å²) in [6, 6.07) is 6.59. The number of halogens is 1. The van der Waals surface area contributed by atoms with Gasteiger partial charge in [-0.15, -0.1) is 11.3 Å². The van der Waals surface area contributed by atoms with Crippen molar-refractivity contribution in [2.45, 2.75) is 39.0 Å². The van der Waals surface area contributed by atoms with Crippen LogP contribution in [0.4, 0.5) is 4.39 Å². The molecule has 1 aromatic carbocycles. The van der Waals surface area contributed by atoms with Crippen LogP contribution in [0, 0.1) is 17.7 Å². The summed E-state index contributed by atoms with van der Waals surface area (Å²) in [5.74, 6) is 1.00. The predicted molar refractivity (Wildman–Crippen MR) is 81.9 cm³/mol. The van der Waals surface area contributed by atoms with Crippen molar-refractivity contribution in [1.82, 2.24) is 0 Å². The normalized spacial score (nSPS) is 23.1. The van der Waals surface area contributed by atoms with Crippen LogP contribution in [0.15, 0.2) is 24.3 Å². The summed E-state index contributed by atoms with van der Waals surface area (Å²) in [5.41, 5.74) is 0. The minimum Gasteiger partial charge on any atom is -0.293 e. The molecule has 0 bridgehead atoms. The van der Waals surface area contributed by atoms with Crippen LogP contribution >= 0.6 is 11.3 Å². The van der Waals surface area contributed by atoms with Gasteiger partial charge in [-0.3, -0.25) is 4.79 Å². The molecule has 1 nitrogen and oxygen atoms in total. The molecule has 0 N–H and O–H groups in total. The summed E-state index contributed by atoms with van der Waals surface area (Å²) in [5, 5.41) is 0.848. The number of hydrogen-bond acceptors (Lipinski definition) is 2. The Hall–Kier alpha value is -1.22. The van der Waals surface area contributed by atoms with Gasteiger partial charge >= 0.3 is 0 Å². The highest BCUT2D eigenvalue weighted by Gasteiger charge is 2.27. The van der Waals surface area contributed by atoms with Crippen molar-refractivity contribution in [2.75, 3.05) is 0 Å². The highest BCUT2D eigenvalue weighted by molar-refractivity contribution is 7.20. The van der Waals surface area contributed by atoms with E-state index >= 15 is 0 Å². The second-order valence-corrected chi connectivity index (χ2v) is 6.87. The van der Waals surface area contributed by atoms with Crippen LogP contribution in [-0.4, -0.2) is 5.78 Å². The van der Waals surface area contributed by atoms with Crippen molar-refractivity contribution >= 4 is 27.2 Å². The fourth-order valence-corrected chi connectivity index (χ4v) is 4.23. The van der Waals surface area contributed by atoms with Gasteiger partial charge in [-0.05, 0) is 61.3 Å². The summed E-state index contributed by atoms with van der Waals surface area (Å²) < 4.78 is 14.2. The first kappa shape index (κ1) is 13.7. The molecule has 0 amide bonds. The molecule has 0 saturated heterocycles. The molecule has 3 heteroatoms. The summed E-state index contributed by atoms with van der Waals surface area (Å²) in [6.45, 7) is 2.23. The van der Waals surface area contributed by atoms with E-state index < -0.39 is 0 Å². The lowest BCUT2D eigenvalue weighted by molar-refractivity contribution is 0.0875. The van der Waals surface area contributed by atoms with Crippen molar-refractivity contribution in [3.63, 3.8) is 0 Å². The molecule has 1 heterocycles. The van der Waals surface area contributed by atoms with E-state index in [-0.39, 0.29) is 17.5 Å². The van der Waals surface area contributed by atoms with Gasteiger partial charge in [0.1, 0.15) is 5.82 Å². The maximum Gasteiger partial charge on any atom is 0.175 e. The monoisotopic (exact) mass is 290 g/mol. The molecule has 1 aliphatic carbocycles. The van der Waals surface area contributed by atoms with E-state index in [0.717, 1.165) is 33.7 Å². The Morgan fingerprint density at radius 2 is 2.00 bits per heavy atom. The van der Waals surface area contributed by atoms with Gasteiger partial charge in [0, 0.05) is 10.6 Å². The summed E-state index contributed by atoms with van der Waals surface area (Å²) in [4.78, 5) is 13.4. The Labute approximate surface area is 122 Å². The zero-order valence-electron chi connectivity index (χ0n) is 11.7. The maximum absolute atomic E-state index is 13.2. The highest BCUT2D eigenvalue weighted by atomic mass is 32.1. The maximum atomic E-state index is 13.2. The van der Waals surface area contributed by atoms with Crippen molar-refractivity contribution in [1.29, 1.82) is 0 Å². The third-order valence-electron chi connectivity index (χ3n) is 4.52. The average Bonchev–Trinajstić information content (AvgIpc) is 2.89. The van der Waals surface area contributed by atoms with Crippen LogP contribution in [0.1, 0.15) is 48.7 Å². The lowest BCUT2D eigenvalue weighted by atomic mass is 9.79. The van der Waals surface area contributed by atoms with Crippen molar-refractivity contribution in [2.24, 2.45) is 11.8 Å². The first-order chi connectivity index (χ1) is 9.67. The van der Waals surface area contributed by atoms with Gasteiger partial charge in [-0.1, -0.05) is 13.3 Å². The van der Waals surface area contributed by atoms with Crippen LogP contribution < -0.4 is 0 Å². The molecule has 2 aromatic rings. The number of benzene rings is 1. The van der Waals surface area contributed by atoms with Gasteiger partial charge in [-0.2, -0.15) is 0 Å². The van der Waals surface area contributed by atoms with Crippen molar-refractivity contribution in [3.8, 4) is 0 Å². The van der Waals surface area contributed by atoms with Gasteiger partial charge in [0.15, 0.2) is 5.78 Å². The quantitative estimate of drug-likeness (QED) is 0.688. The number of thiophene rings is 1. The SMILES string of the molecule is CCC1CCC(C(=O)c2cc3cc(F)ccc3s2)CC1. The first-order valence-corrected chi connectivity index (χ1v) is 8.22. The highest BCUT2D eigenvalue weighted by Crippen LogP contribution is 2.35. The third kappa shape index (κ3) is 2.64. The molecule has 0 radical (unpaired) electrons. The van der Waals surface area contributed by atoms with E-state index in [0.29, 0.717) is 0 Å². The molecule has 0 spiro atoms. The zero-order chi connectivity index (χ0) is 14.1. The van der Waals surface area contributed by atoms with Gasteiger partial charge in [0.25, 0.3) is 0 Å². The lowest BCUT2D eigenvalue weighted by Crippen LogP contribution is -2.21. The molecule has 1 aromatic heterocycles. The fraction of sp³-hybridized carbons (Fsp3) is 0.471. The molecular weight excluding hydrogens is 271 g/mol. The average molecular weight is 290 g/mol. The van der Waals surface area contributed by atoms with E-state index in [1.54, 1.807) is 6.07 Å². The minimum atomic E-state index is -0.238. The molecule has 20 heavy (non-hydrogen) atoms. The third-order valence-corrected chi connectivity index (χ3v) is 5.65. The van der Waals surface area contributed by atoms with Crippen molar-refractivity contribution in [3.05, 3.63) is 35.0 Å². The zero-order valence-corrected chi connectivity index (χ0v) is 12.5. The van der Waals surface area contributed by atoms with E-state index in [1.165, 1.54) is 42.7 Å². The Morgan fingerprint density at radius 3 is 2.70 bits per heavy atom. The second kappa shape index (κ2) is 5.65. The first-order valence-electron chi connectivity index (χ1n) is 7.40. The largest absolute Gasteiger partial charge is 0.293 e. The molecule has 1 saturated carbocycles. The van der Waals surface area contributed by atoms with Gasteiger partial charge in [0.05, 0.1) is 4.88 Å². The van der Waals surface area contributed by atoms with Crippen LogP contribution in [0.2, 0.25) is 0 Å². The summed E-state index contributed by atoms with van der Waals surface area (Å²) >= 11 is 1.50. The number of ketones is 1. The smallest absolute Gasteiger partial charge is 0.175 e. The molecule has 0 atom stereocenters. The number of carbonyl (C=O) groups is 1. The number of carbonyl (C=O) groups excluding carboxylic acids is 1. The molecule has 1 fully saturated rings. The van der Waals surface area contributed by atoms with Crippen LogP contribution in [0.5, 0.6) is 0 Å². The number of hydrogen-bond donors (Lipinski definition) is 0. The minimum absolute atomic E-state index is 0.177. The van der Waals surface area contributed by atoms with Crippen LogP contribution in [0.3, 0.4) is 0 Å². The van der Waals surface area contributed by atoms with E-state index in [1.807, 2.05) is 6.07 Å². The molecule has 1 aliphatic rings. The fourth-order valence-electron chi connectivity index (χ4n) is 3.17. The molecule has 0 unspecified atom stereocenters. The van der Waals surface area contributed by atoms with Crippen LogP contribution in [0.25, 0.3) is 10.1 Å². The molecule has 106 valence electrons. The van der Waals surface area contributed by atoms with E-state index in [9.17, 15) is 9.18 Å². The van der Waals surface area contributed by atoms with Crippen LogP contribution in [-0.2, 0) is 0 Å². The lowest BCUT2D eigenvalue weighted by Gasteiger charge is -2.26. The Balaban J connectivity index is 1.79. The predicted octanol–water partition coefficient (Wildman–Crippen LogP) is 5.44. The topological polar surface area (TPSA) is 17.1 Å². The number of fused-ring (bicyclic) bond motifs is 1. The number of Topliss-reactive ketones (excluding diaryl/α,β-unsaturated/α-hetero) is 1. The van der Waals surface area contributed by atoms with E-state index in [2.05, 4.69) is 6.92 Å². The Morgan fingerprint density at radius 1 is 1.25 bits per heavy atom. The van der Waals surface area contributed by atoms with E-state index in [4.69, 9.17) is 0 Å². The number of rotatable bonds is 3. The summed E-state index contributed by atoms with van der Waals surface area (Å²) in [7, 11) is 0. The van der Waals surface area contributed by atoms with Gasteiger partial charge < -0.3 is 0 Å². The van der Waals surface area contributed by atoms with Gasteiger partial charge in [0.2, 0.25) is 0 Å². The standard InChI is InChI=1S/C17H19FOS/c1-2-11-3-5-12(6-4-11)17(19)16-10-13-9-14(18)7-8-15(13)20-16/h7-12H,2-6H2,1H3.